The standard InChI is InChI=1S/C15H22F6N2O/c1-6-3-9(16)11(13(18)12(6)17)8-4-10(22)14(24)23(7(8)2)5-15(19,20)21/h6-8,10,12-14,24H,3-5,22H2,1-2H3. The van der Waals surface area contributed by atoms with Gasteiger partial charge in [0.2, 0.25) is 0 Å². The van der Waals surface area contributed by atoms with E-state index < -0.39 is 66.6 Å². The Balaban J connectivity index is 2.34. The van der Waals surface area contributed by atoms with Crippen LogP contribution in [0, 0.1) is 11.8 Å². The summed E-state index contributed by atoms with van der Waals surface area (Å²) < 4.78 is 80.8. The predicted octanol–water partition coefficient (Wildman–Crippen LogP) is 2.84. The Labute approximate surface area is 136 Å². The summed E-state index contributed by atoms with van der Waals surface area (Å²) in [6.07, 6.45) is -10.7. The minimum absolute atomic E-state index is 0.110. The van der Waals surface area contributed by atoms with Gasteiger partial charge in [0.05, 0.1) is 6.54 Å². The predicted molar refractivity (Wildman–Crippen MR) is 76.0 cm³/mol. The maximum Gasteiger partial charge on any atom is 0.401 e. The highest BCUT2D eigenvalue weighted by Crippen LogP contribution is 2.43. The molecule has 1 heterocycles. The molecule has 3 nitrogen and oxygen atoms in total. The van der Waals surface area contributed by atoms with E-state index in [2.05, 4.69) is 0 Å². The second-order valence-corrected chi connectivity index (χ2v) is 6.84. The molecule has 3 N–H and O–H groups in total. The number of hydrogen-bond donors (Lipinski definition) is 2. The molecule has 1 aliphatic carbocycles. The van der Waals surface area contributed by atoms with Gasteiger partial charge in [0, 0.05) is 30.0 Å². The first-order valence-corrected chi connectivity index (χ1v) is 7.86. The Morgan fingerprint density at radius 3 is 2.38 bits per heavy atom. The van der Waals surface area contributed by atoms with Gasteiger partial charge in [-0.1, -0.05) is 6.92 Å². The molecule has 0 radical (unpaired) electrons. The second-order valence-electron chi connectivity index (χ2n) is 6.84. The average molecular weight is 360 g/mol. The molecule has 1 fully saturated rings. The molecule has 0 bridgehead atoms. The van der Waals surface area contributed by atoms with Crippen LogP contribution in [-0.2, 0) is 0 Å². The molecule has 0 saturated carbocycles. The monoisotopic (exact) mass is 360 g/mol. The largest absolute Gasteiger partial charge is 0.401 e. The Morgan fingerprint density at radius 1 is 1.25 bits per heavy atom. The number of piperidine rings is 1. The van der Waals surface area contributed by atoms with Crippen LogP contribution in [0.2, 0.25) is 0 Å². The van der Waals surface area contributed by atoms with Crippen molar-refractivity contribution in [1.29, 1.82) is 0 Å². The van der Waals surface area contributed by atoms with Crippen LogP contribution in [0.15, 0.2) is 11.4 Å². The SMILES string of the molecule is CC1CC(F)=C(C2CC(N)C(O)N(CC(F)(F)F)C2C)C(F)C1F. The Kier molecular flexibility index (Phi) is 5.56. The second kappa shape index (κ2) is 6.84. The van der Waals surface area contributed by atoms with E-state index >= 15 is 0 Å². The molecule has 1 saturated heterocycles. The molecule has 24 heavy (non-hydrogen) atoms. The summed E-state index contributed by atoms with van der Waals surface area (Å²) in [6, 6.07) is -2.14. The van der Waals surface area contributed by atoms with Gasteiger partial charge in [-0.2, -0.15) is 13.2 Å². The summed E-state index contributed by atoms with van der Waals surface area (Å²) >= 11 is 0. The van der Waals surface area contributed by atoms with E-state index in [1.54, 1.807) is 0 Å². The third kappa shape index (κ3) is 3.72. The average Bonchev–Trinajstić information content (AvgIpc) is 2.45. The highest BCUT2D eigenvalue weighted by molar-refractivity contribution is 5.25. The first-order valence-electron chi connectivity index (χ1n) is 7.86. The molecule has 140 valence electrons. The van der Waals surface area contributed by atoms with E-state index in [1.165, 1.54) is 13.8 Å². The van der Waals surface area contributed by atoms with E-state index in [0.717, 1.165) is 0 Å². The number of aliphatic hydroxyl groups excluding tert-OH is 1. The maximum absolute atomic E-state index is 14.4. The summed E-state index contributed by atoms with van der Waals surface area (Å²) in [6.45, 7) is 1.26. The van der Waals surface area contributed by atoms with Gasteiger partial charge in [0.25, 0.3) is 0 Å². The van der Waals surface area contributed by atoms with Gasteiger partial charge in [0.1, 0.15) is 18.2 Å². The zero-order valence-electron chi connectivity index (χ0n) is 13.4. The molecule has 0 aromatic carbocycles. The van der Waals surface area contributed by atoms with Crippen molar-refractivity contribution in [1.82, 2.24) is 4.90 Å². The number of alkyl halides is 5. The van der Waals surface area contributed by atoms with Crippen LogP contribution in [0.25, 0.3) is 0 Å². The molecule has 2 rings (SSSR count). The highest BCUT2D eigenvalue weighted by Gasteiger charge is 2.49. The number of halogens is 6. The minimum atomic E-state index is -4.61. The minimum Gasteiger partial charge on any atom is -0.377 e. The van der Waals surface area contributed by atoms with Gasteiger partial charge >= 0.3 is 6.18 Å². The number of allylic oxidation sites excluding steroid dienone is 1. The first-order chi connectivity index (χ1) is 10.9. The summed E-state index contributed by atoms with van der Waals surface area (Å²) in [7, 11) is 0. The molecule has 0 aromatic heterocycles. The molecular formula is C15H22F6N2O. The topological polar surface area (TPSA) is 49.5 Å². The van der Waals surface area contributed by atoms with E-state index in [4.69, 9.17) is 5.73 Å². The lowest BCUT2D eigenvalue weighted by molar-refractivity contribution is -0.188. The summed E-state index contributed by atoms with van der Waals surface area (Å²) in [5.74, 6) is -2.68. The van der Waals surface area contributed by atoms with Crippen LogP contribution in [0.5, 0.6) is 0 Å². The van der Waals surface area contributed by atoms with Crippen molar-refractivity contribution in [3.8, 4) is 0 Å². The summed E-state index contributed by atoms with van der Waals surface area (Å²) in [4.78, 5) is 0.678. The van der Waals surface area contributed by atoms with E-state index in [0.29, 0.717) is 4.90 Å². The van der Waals surface area contributed by atoms with Crippen molar-refractivity contribution in [2.75, 3.05) is 6.54 Å². The first kappa shape index (κ1) is 19.5. The molecule has 0 amide bonds. The van der Waals surface area contributed by atoms with Crippen LogP contribution in [-0.4, -0.2) is 53.4 Å². The molecule has 7 unspecified atom stereocenters. The molecule has 9 heteroatoms. The van der Waals surface area contributed by atoms with Gasteiger partial charge in [-0.15, -0.1) is 0 Å². The lowest BCUT2D eigenvalue weighted by atomic mass is 9.74. The third-order valence-electron chi connectivity index (χ3n) is 5.05. The summed E-state index contributed by atoms with van der Waals surface area (Å²) in [5, 5.41) is 9.94. The van der Waals surface area contributed by atoms with E-state index in [-0.39, 0.29) is 12.8 Å². The quantitative estimate of drug-likeness (QED) is 0.745. The lowest BCUT2D eigenvalue weighted by Gasteiger charge is -2.48. The maximum atomic E-state index is 14.4. The highest BCUT2D eigenvalue weighted by atomic mass is 19.4. The molecular weight excluding hydrogens is 338 g/mol. The molecule has 7 atom stereocenters. The normalized spacial score (nSPS) is 42.5. The van der Waals surface area contributed by atoms with Gasteiger partial charge in [-0.05, 0) is 19.3 Å². The number of nitrogens with zero attached hydrogens (tertiary/aromatic N) is 1. The summed E-state index contributed by atoms with van der Waals surface area (Å²) in [5.41, 5.74) is 5.24. The Hall–Kier alpha value is -0.800. The van der Waals surface area contributed by atoms with Crippen LogP contribution in [0.1, 0.15) is 26.7 Å². The fourth-order valence-electron chi connectivity index (χ4n) is 3.69. The molecule has 0 aromatic rings. The number of aliphatic hydroxyl groups is 1. The van der Waals surface area contributed by atoms with Gasteiger partial charge in [-0.3, -0.25) is 4.90 Å². The Morgan fingerprint density at radius 2 is 1.83 bits per heavy atom. The van der Waals surface area contributed by atoms with Crippen molar-refractivity contribution < 1.29 is 31.4 Å². The van der Waals surface area contributed by atoms with Crippen molar-refractivity contribution in [2.45, 2.75) is 63.5 Å². The van der Waals surface area contributed by atoms with Gasteiger partial charge in [-0.25, -0.2) is 13.2 Å². The van der Waals surface area contributed by atoms with Crippen LogP contribution in [0.4, 0.5) is 26.3 Å². The number of nitrogens with two attached hydrogens (primary N) is 1. The van der Waals surface area contributed by atoms with E-state index in [9.17, 15) is 31.4 Å². The van der Waals surface area contributed by atoms with Crippen LogP contribution < -0.4 is 5.73 Å². The van der Waals surface area contributed by atoms with Gasteiger partial charge in [0.15, 0.2) is 6.17 Å². The third-order valence-corrected chi connectivity index (χ3v) is 5.05. The smallest absolute Gasteiger partial charge is 0.377 e. The van der Waals surface area contributed by atoms with E-state index in [1.807, 2.05) is 0 Å². The molecule has 2 aliphatic rings. The Bertz CT molecular complexity index is 497. The van der Waals surface area contributed by atoms with Crippen molar-refractivity contribution >= 4 is 0 Å². The molecule has 0 spiro atoms. The number of rotatable bonds is 2. The van der Waals surface area contributed by atoms with Crippen LogP contribution in [0.3, 0.4) is 0 Å². The molecule has 1 aliphatic heterocycles. The fraction of sp³-hybridized carbons (Fsp3) is 0.867. The fourth-order valence-corrected chi connectivity index (χ4v) is 3.69. The van der Waals surface area contributed by atoms with Crippen molar-refractivity contribution in [2.24, 2.45) is 17.6 Å². The van der Waals surface area contributed by atoms with Crippen molar-refractivity contribution in [3.63, 3.8) is 0 Å². The zero-order valence-corrected chi connectivity index (χ0v) is 13.4. The van der Waals surface area contributed by atoms with Gasteiger partial charge < -0.3 is 10.8 Å². The number of likely N-dealkylation sites (tertiary alicyclic amines) is 1. The lowest BCUT2D eigenvalue weighted by Crippen LogP contribution is -2.62. The zero-order chi connectivity index (χ0) is 18.4. The number of hydrogen-bond acceptors (Lipinski definition) is 3. The van der Waals surface area contributed by atoms with Crippen LogP contribution >= 0.6 is 0 Å². The van der Waals surface area contributed by atoms with Crippen molar-refractivity contribution in [3.05, 3.63) is 11.4 Å².